The Balaban J connectivity index is 1.82. The molecule has 0 saturated heterocycles. The van der Waals surface area contributed by atoms with E-state index in [-0.39, 0.29) is 0 Å². The van der Waals surface area contributed by atoms with Gasteiger partial charge in [-0.1, -0.05) is 38.1 Å². The van der Waals surface area contributed by atoms with Crippen LogP contribution < -0.4 is 5.32 Å². The third-order valence-electron chi connectivity index (χ3n) is 4.71. The lowest BCUT2D eigenvalue weighted by atomic mass is 10.0. The van der Waals surface area contributed by atoms with E-state index in [1.165, 1.54) is 16.7 Å². The first-order valence-corrected chi connectivity index (χ1v) is 8.71. The fourth-order valence-corrected chi connectivity index (χ4v) is 3.33. The molecule has 1 aliphatic rings. The molecule has 4 nitrogen and oxygen atoms in total. The second-order valence-corrected chi connectivity index (χ2v) is 6.01. The molecule has 23 heavy (non-hydrogen) atoms. The van der Waals surface area contributed by atoms with Crippen molar-refractivity contribution in [3.05, 3.63) is 41.7 Å². The summed E-state index contributed by atoms with van der Waals surface area (Å²) in [5.41, 5.74) is 5.06. The number of hydrogen-bond acceptors (Lipinski definition) is 4. The zero-order chi connectivity index (χ0) is 16.1. The van der Waals surface area contributed by atoms with Gasteiger partial charge in [-0.3, -0.25) is 0 Å². The van der Waals surface area contributed by atoms with Crippen LogP contribution in [0.4, 0.5) is 5.82 Å². The van der Waals surface area contributed by atoms with E-state index in [4.69, 9.17) is 0 Å². The number of benzene rings is 1. The summed E-state index contributed by atoms with van der Waals surface area (Å²) in [7, 11) is 0. The molecule has 1 aromatic carbocycles. The Kier molecular flexibility index (Phi) is 5.23. The number of nitrogens with zero attached hydrogens (tertiary/aromatic N) is 3. The van der Waals surface area contributed by atoms with Gasteiger partial charge in [0.1, 0.15) is 12.1 Å². The summed E-state index contributed by atoms with van der Waals surface area (Å²) in [5.74, 6) is 1.01. The molecule has 1 aromatic heterocycles. The van der Waals surface area contributed by atoms with Gasteiger partial charge in [0.05, 0.1) is 5.69 Å². The molecule has 1 N–H and O–H groups in total. The lowest BCUT2D eigenvalue weighted by molar-refractivity contribution is 0.316. The van der Waals surface area contributed by atoms with Crippen LogP contribution in [-0.4, -0.2) is 41.0 Å². The van der Waals surface area contributed by atoms with Gasteiger partial charge in [-0.25, -0.2) is 9.97 Å². The van der Waals surface area contributed by atoms with E-state index in [0.29, 0.717) is 0 Å². The summed E-state index contributed by atoms with van der Waals surface area (Å²) in [6.45, 7) is 8.56. The van der Waals surface area contributed by atoms with Gasteiger partial charge in [0.25, 0.3) is 0 Å². The molecule has 0 radical (unpaired) electrons. The van der Waals surface area contributed by atoms with Crippen molar-refractivity contribution in [3.63, 3.8) is 0 Å². The van der Waals surface area contributed by atoms with E-state index < -0.39 is 0 Å². The average molecular weight is 310 g/mol. The Hall–Kier alpha value is -1.94. The first-order valence-electron chi connectivity index (χ1n) is 8.71. The number of anilines is 1. The molecule has 0 atom stereocenters. The van der Waals surface area contributed by atoms with Crippen molar-refractivity contribution < 1.29 is 0 Å². The van der Waals surface area contributed by atoms with Gasteiger partial charge in [-0.15, -0.1) is 0 Å². The highest BCUT2D eigenvalue weighted by atomic mass is 15.1. The molecule has 0 fully saturated rings. The minimum absolute atomic E-state index is 0.923. The van der Waals surface area contributed by atoms with Crippen molar-refractivity contribution in [2.24, 2.45) is 0 Å². The molecule has 0 spiro atoms. The number of likely N-dealkylation sites (N-methyl/N-ethyl adjacent to an activating group) is 1. The standard InChI is InChI=1S/C19H26N4/c1-3-23(4-2)13-12-20-19-17-11-7-9-15-8-5-6-10-16(15)18(17)21-14-22-19/h5-6,8,10,14H,3-4,7,9,11-13H2,1-2H3,(H,20,21,22). The van der Waals surface area contributed by atoms with Crippen molar-refractivity contribution in [2.75, 3.05) is 31.5 Å². The maximum absolute atomic E-state index is 4.60. The van der Waals surface area contributed by atoms with Gasteiger partial charge in [0.15, 0.2) is 0 Å². The number of fused-ring (bicyclic) bond motifs is 3. The highest BCUT2D eigenvalue weighted by Crippen LogP contribution is 2.33. The van der Waals surface area contributed by atoms with E-state index >= 15 is 0 Å². The van der Waals surface area contributed by atoms with Crippen LogP contribution in [0.1, 0.15) is 31.4 Å². The number of aromatic nitrogens is 2. The monoisotopic (exact) mass is 310 g/mol. The van der Waals surface area contributed by atoms with Crippen LogP contribution in [0.5, 0.6) is 0 Å². The lowest BCUT2D eigenvalue weighted by Crippen LogP contribution is -2.29. The highest BCUT2D eigenvalue weighted by molar-refractivity contribution is 5.72. The molecule has 3 rings (SSSR count). The zero-order valence-corrected chi connectivity index (χ0v) is 14.2. The predicted molar refractivity (Wildman–Crippen MR) is 95.8 cm³/mol. The predicted octanol–water partition coefficient (Wildman–Crippen LogP) is 3.39. The first kappa shape index (κ1) is 15.9. The minimum Gasteiger partial charge on any atom is -0.368 e. The SMILES string of the molecule is CCN(CC)CCNc1ncnc2c1CCCc1ccccc1-2. The van der Waals surface area contributed by atoms with Crippen molar-refractivity contribution >= 4 is 5.82 Å². The molecule has 0 amide bonds. The molecule has 0 unspecified atom stereocenters. The molecule has 2 aromatic rings. The van der Waals surface area contributed by atoms with Crippen LogP contribution in [0.2, 0.25) is 0 Å². The van der Waals surface area contributed by atoms with Crippen molar-refractivity contribution in [3.8, 4) is 11.3 Å². The van der Waals surface area contributed by atoms with Crippen molar-refractivity contribution in [1.29, 1.82) is 0 Å². The van der Waals surface area contributed by atoms with Crippen molar-refractivity contribution in [2.45, 2.75) is 33.1 Å². The average Bonchev–Trinajstić information content (AvgIpc) is 2.79. The maximum Gasteiger partial charge on any atom is 0.133 e. The molecular weight excluding hydrogens is 284 g/mol. The molecule has 1 heterocycles. The summed E-state index contributed by atoms with van der Waals surface area (Å²) in [6.07, 6.45) is 5.01. The normalized spacial score (nSPS) is 13.3. The summed E-state index contributed by atoms with van der Waals surface area (Å²) < 4.78 is 0. The van der Waals surface area contributed by atoms with Gasteiger partial charge >= 0.3 is 0 Å². The number of hydrogen-bond donors (Lipinski definition) is 1. The van der Waals surface area contributed by atoms with Gasteiger partial charge in [-0.05, 0) is 37.9 Å². The summed E-state index contributed by atoms with van der Waals surface area (Å²) in [4.78, 5) is 11.5. The molecule has 0 bridgehead atoms. The molecule has 122 valence electrons. The smallest absolute Gasteiger partial charge is 0.133 e. The van der Waals surface area contributed by atoms with E-state index in [1.807, 2.05) is 0 Å². The largest absolute Gasteiger partial charge is 0.368 e. The van der Waals surface area contributed by atoms with E-state index in [2.05, 4.69) is 58.3 Å². The maximum atomic E-state index is 4.60. The Morgan fingerprint density at radius 1 is 1.09 bits per heavy atom. The Labute approximate surface area is 139 Å². The third-order valence-corrected chi connectivity index (χ3v) is 4.71. The Bertz CT molecular complexity index is 650. The van der Waals surface area contributed by atoms with Crippen LogP contribution in [0.15, 0.2) is 30.6 Å². The Morgan fingerprint density at radius 2 is 1.91 bits per heavy atom. The molecule has 0 saturated carbocycles. The van der Waals surface area contributed by atoms with E-state index in [1.54, 1.807) is 6.33 Å². The second kappa shape index (κ2) is 7.55. The van der Waals surface area contributed by atoms with Gasteiger partial charge in [-0.2, -0.15) is 0 Å². The van der Waals surface area contributed by atoms with E-state index in [9.17, 15) is 0 Å². The molecule has 1 aliphatic carbocycles. The fraction of sp³-hybridized carbons (Fsp3) is 0.474. The summed E-state index contributed by atoms with van der Waals surface area (Å²) in [5, 5.41) is 3.54. The van der Waals surface area contributed by atoms with Gasteiger partial charge in [0, 0.05) is 24.2 Å². The quantitative estimate of drug-likeness (QED) is 0.888. The van der Waals surface area contributed by atoms with Crippen LogP contribution in [0.25, 0.3) is 11.3 Å². The van der Waals surface area contributed by atoms with Crippen LogP contribution in [0, 0.1) is 0 Å². The van der Waals surface area contributed by atoms with Gasteiger partial charge in [0.2, 0.25) is 0 Å². The minimum atomic E-state index is 0.923. The summed E-state index contributed by atoms with van der Waals surface area (Å²) in [6, 6.07) is 8.63. The molecular formula is C19H26N4. The zero-order valence-electron chi connectivity index (χ0n) is 14.2. The lowest BCUT2D eigenvalue weighted by Gasteiger charge is -2.19. The summed E-state index contributed by atoms with van der Waals surface area (Å²) >= 11 is 0. The molecule has 4 heteroatoms. The topological polar surface area (TPSA) is 41.0 Å². The number of aryl methyl sites for hydroxylation is 1. The van der Waals surface area contributed by atoms with Crippen LogP contribution in [-0.2, 0) is 12.8 Å². The van der Waals surface area contributed by atoms with Crippen LogP contribution in [0.3, 0.4) is 0 Å². The second-order valence-electron chi connectivity index (χ2n) is 6.01. The number of rotatable bonds is 6. The molecule has 0 aliphatic heterocycles. The number of nitrogens with one attached hydrogen (secondary N) is 1. The first-order chi connectivity index (χ1) is 11.3. The Morgan fingerprint density at radius 3 is 2.74 bits per heavy atom. The van der Waals surface area contributed by atoms with Crippen molar-refractivity contribution in [1.82, 2.24) is 14.9 Å². The van der Waals surface area contributed by atoms with Gasteiger partial charge < -0.3 is 10.2 Å². The fourth-order valence-electron chi connectivity index (χ4n) is 3.33. The van der Waals surface area contributed by atoms with Crippen LogP contribution >= 0.6 is 0 Å². The highest BCUT2D eigenvalue weighted by Gasteiger charge is 2.18. The van der Waals surface area contributed by atoms with E-state index in [0.717, 1.165) is 57.0 Å². The third kappa shape index (κ3) is 3.53.